The number of benzene rings is 1. The zero-order chi connectivity index (χ0) is 18.7. The molecule has 1 aromatic rings. The topological polar surface area (TPSA) is 66.5 Å². The largest absolute Gasteiger partial charge is 0.322 e. The number of halogens is 1. The Hall–Kier alpha value is -1.89. The van der Waals surface area contributed by atoms with Crippen molar-refractivity contribution in [2.24, 2.45) is 11.8 Å². The first-order valence-electron chi connectivity index (χ1n) is 8.96. The minimum absolute atomic E-state index is 0.0585. The molecule has 0 spiro atoms. The van der Waals surface area contributed by atoms with Crippen LogP contribution < -0.4 is 5.32 Å². The van der Waals surface area contributed by atoms with E-state index in [1.807, 2.05) is 6.26 Å². The molecule has 0 aromatic heterocycles. The second-order valence-electron chi connectivity index (χ2n) is 6.81. The van der Waals surface area contributed by atoms with Crippen molar-refractivity contribution in [1.82, 2.24) is 4.90 Å². The van der Waals surface area contributed by atoms with Crippen molar-refractivity contribution in [3.8, 4) is 0 Å². The number of hydrogen-bond acceptors (Lipinski definition) is 4. The molecular formula is C19H23FN2O3S. The third kappa shape index (κ3) is 3.63. The van der Waals surface area contributed by atoms with Crippen LogP contribution in [0, 0.1) is 17.7 Å². The number of imide groups is 1. The van der Waals surface area contributed by atoms with Crippen molar-refractivity contribution < 1.29 is 18.8 Å². The lowest BCUT2D eigenvalue weighted by atomic mass is 9.81. The first kappa shape index (κ1) is 18.9. The van der Waals surface area contributed by atoms with Crippen molar-refractivity contribution in [2.75, 3.05) is 17.3 Å². The number of rotatable bonds is 6. The number of likely N-dealkylation sites (tertiary alicyclic amines) is 1. The molecule has 1 saturated heterocycles. The molecule has 0 radical (unpaired) electrons. The summed E-state index contributed by atoms with van der Waals surface area (Å²) in [4.78, 5) is 39.6. The van der Waals surface area contributed by atoms with E-state index in [0.29, 0.717) is 25.0 Å². The van der Waals surface area contributed by atoms with Gasteiger partial charge in [-0.2, -0.15) is 11.8 Å². The Morgan fingerprint density at radius 1 is 1.23 bits per heavy atom. The minimum Gasteiger partial charge on any atom is -0.322 e. The van der Waals surface area contributed by atoms with Crippen molar-refractivity contribution in [3.63, 3.8) is 0 Å². The van der Waals surface area contributed by atoms with Crippen LogP contribution in [-0.2, 0) is 14.4 Å². The lowest BCUT2D eigenvalue weighted by Crippen LogP contribution is -2.48. The fourth-order valence-corrected chi connectivity index (χ4v) is 4.34. The standard InChI is InChI=1S/C19H23FN2O3S/c1-26-11-10-16(17(23)21-15-9-5-4-8-14(15)20)22-18(24)12-6-2-3-7-13(12)19(22)25/h4-5,8-9,12-13,16H,2-3,6-7,10-11H2,1H3,(H,21,23)/t12-,13+,16-/m0/s1. The van der Waals surface area contributed by atoms with Gasteiger partial charge in [0.1, 0.15) is 11.9 Å². The molecule has 1 aliphatic heterocycles. The van der Waals surface area contributed by atoms with Crippen LogP contribution in [0.15, 0.2) is 24.3 Å². The third-order valence-electron chi connectivity index (χ3n) is 5.22. The summed E-state index contributed by atoms with van der Waals surface area (Å²) >= 11 is 1.54. The van der Waals surface area contributed by atoms with Crippen LogP contribution in [0.1, 0.15) is 32.1 Å². The van der Waals surface area contributed by atoms with Gasteiger partial charge in [0.15, 0.2) is 0 Å². The fraction of sp³-hybridized carbons (Fsp3) is 0.526. The Labute approximate surface area is 156 Å². The van der Waals surface area contributed by atoms with Crippen molar-refractivity contribution >= 4 is 35.2 Å². The summed E-state index contributed by atoms with van der Waals surface area (Å²) < 4.78 is 13.9. The molecule has 2 aliphatic rings. The monoisotopic (exact) mass is 378 g/mol. The van der Waals surface area contributed by atoms with Gasteiger partial charge >= 0.3 is 0 Å². The van der Waals surface area contributed by atoms with Gasteiger partial charge < -0.3 is 5.32 Å². The van der Waals surface area contributed by atoms with Crippen molar-refractivity contribution in [1.29, 1.82) is 0 Å². The summed E-state index contributed by atoms with van der Waals surface area (Å²) in [6.45, 7) is 0. The molecule has 3 atom stereocenters. The highest BCUT2D eigenvalue weighted by Gasteiger charge is 2.51. The van der Waals surface area contributed by atoms with E-state index in [-0.39, 0.29) is 29.3 Å². The van der Waals surface area contributed by atoms with Crippen LogP contribution in [0.25, 0.3) is 0 Å². The molecule has 3 rings (SSSR count). The highest BCUT2D eigenvalue weighted by Crippen LogP contribution is 2.39. The quantitative estimate of drug-likeness (QED) is 0.773. The Kier molecular flexibility index (Phi) is 5.96. The summed E-state index contributed by atoms with van der Waals surface area (Å²) in [5.74, 6) is -1.50. The van der Waals surface area contributed by atoms with Crippen LogP contribution in [0.2, 0.25) is 0 Å². The number of carbonyl (C=O) groups excluding carboxylic acids is 3. The Morgan fingerprint density at radius 3 is 2.42 bits per heavy atom. The van der Waals surface area contributed by atoms with Gasteiger partial charge in [0, 0.05) is 0 Å². The SMILES string of the molecule is CSCC[C@@H](C(=O)Nc1ccccc1F)N1C(=O)[C@H]2CCCC[C@H]2C1=O. The Balaban J connectivity index is 1.83. The Morgan fingerprint density at radius 2 is 1.85 bits per heavy atom. The smallest absolute Gasteiger partial charge is 0.247 e. The van der Waals surface area contributed by atoms with Crippen LogP contribution in [-0.4, -0.2) is 40.7 Å². The van der Waals surface area contributed by atoms with Gasteiger partial charge in [-0.05, 0) is 43.4 Å². The molecule has 1 aromatic carbocycles. The maximum absolute atomic E-state index is 13.9. The normalized spacial score (nSPS) is 23.7. The average molecular weight is 378 g/mol. The predicted octanol–water partition coefficient (Wildman–Crippen LogP) is 3.06. The van der Waals surface area contributed by atoms with Gasteiger partial charge in [-0.1, -0.05) is 25.0 Å². The number of nitrogens with zero attached hydrogens (tertiary/aromatic N) is 1. The van der Waals surface area contributed by atoms with E-state index in [0.717, 1.165) is 17.7 Å². The van der Waals surface area contributed by atoms with E-state index in [9.17, 15) is 18.8 Å². The molecular weight excluding hydrogens is 355 g/mol. The zero-order valence-electron chi connectivity index (χ0n) is 14.7. The summed E-state index contributed by atoms with van der Waals surface area (Å²) in [5.41, 5.74) is 0.0585. The maximum Gasteiger partial charge on any atom is 0.247 e. The van der Waals surface area contributed by atoms with Crippen molar-refractivity contribution in [2.45, 2.75) is 38.1 Å². The van der Waals surface area contributed by atoms with Gasteiger partial charge in [-0.3, -0.25) is 19.3 Å². The summed E-state index contributed by atoms with van der Waals surface area (Å²) in [6.07, 6.45) is 5.54. The van der Waals surface area contributed by atoms with E-state index in [1.165, 1.54) is 18.2 Å². The van der Waals surface area contributed by atoms with E-state index >= 15 is 0 Å². The number of hydrogen-bond donors (Lipinski definition) is 1. The number of fused-ring (bicyclic) bond motifs is 1. The molecule has 1 saturated carbocycles. The minimum atomic E-state index is -0.896. The molecule has 0 bridgehead atoms. The van der Waals surface area contributed by atoms with Crippen LogP contribution >= 0.6 is 11.8 Å². The second-order valence-corrected chi connectivity index (χ2v) is 7.80. The number of para-hydroxylation sites is 1. The van der Waals surface area contributed by atoms with Crippen LogP contribution in [0.3, 0.4) is 0 Å². The van der Waals surface area contributed by atoms with Gasteiger partial charge in [-0.25, -0.2) is 4.39 Å². The summed E-state index contributed by atoms with van der Waals surface area (Å²) in [7, 11) is 0. The molecule has 0 unspecified atom stereocenters. The molecule has 5 nitrogen and oxygen atoms in total. The number of anilines is 1. The van der Waals surface area contributed by atoms with Gasteiger partial charge in [-0.15, -0.1) is 0 Å². The fourth-order valence-electron chi connectivity index (χ4n) is 3.88. The second kappa shape index (κ2) is 8.20. The molecule has 26 heavy (non-hydrogen) atoms. The van der Waals surface area contributed by atoms with Gasteiger partial charge in [0.2, 0.25) is 17.7 Å². The number of thioether (sulfide) groups is 1. The number of amides is 3. The first-order chi connectivity index (χ1) is 12.5. The molecule has 1 aliphatic carbocycles. The first-order valence-corrected chi connectivity index (χ1v) is 10.3. The highest BCUT2D eigenvalue weighted by atomic mass is 32.2. The third-order valence-corrected chi connectivity index (χ3v) is 5.86. The zero-order valence-corrected chi connectivity index (χ0v) is 15.6. The molecule has 7 heteroatoms. The summed E-state index contributed by atoms with van der Waals surface area (Å²) in [5, 5.41) is 2.55. The predicted molar refractivity (Wildman–Crippen MR) is 99.1 cm³/mol. The highest BCUT2D eigenvalue weighted by molar-refractivity contribution is 7.98. The maximum atomic E-state index is 13.9. The molecule has 140 valence electrons. The Bertz CT molecular complexity index is 688. The van der Waals surface area contributed by atoms with Crippen LogP contribution in [0.5, 0.6) is 0 Å². The van der Waals surface area contributed by atoms with Crippen LogP contribution in [0.4, 0.5) is 10.1 Å². The van der Waals surface area contributed by atoms with E-state index in [2.05, 4.69) is 5.32 Å². The number of carbonyl (C=O) groups is 3. The molecule has 2 fully saturated rings. The van der Waals surface area contributed by atoms with Crippen molar-refractivity contribution in [3.05, 3.63) is 30.1 Å². The van der Waals surface area contributed by atoms with Gasteiger partial charge in [0.05, 0.1) is 17.5 Å². The van der Waals surface area contributed by atoms with E-state index in [1.54, 1.807) is 17.8 Å². The molecule has 1 heterocycles. The van der Waals surface area contributed by atoms with E-state index < -0.39 is 17.8 Å². The van der Waals surface area contributed by atoms with E-state index in [4.69, 9.17) is 0 Å². The lowest BCUT2D eigenvalue weighted by Gasteiger charge is -2.26. The summed E-state index contributed by atoms with van der Waals surface area (Å²) in [6, 6.07) is 4.98. The number of nitrogens with one attached hydrogen (secondary N) is 1. The molecule has 1 N–H and O–H groups in total. The lowest BCUT2D eigenvalue weighted by molar-refractivity contribution is -0.146. The van der Waals surface area contributed by atoms with Gasteiger partial charge in [0.25, 0.3) is 0 Å². The average Bonchev–Trinajstić information content (AvgIpc) is 2.89. The molecule has 3 amide bonds.